The van der Waals surface area contributed by atoms with Gasteiger partial charge in [0.1, 0.15) is 0 Å². The van der Waals surface area contributed by atoms with E-state index in [1.54, 1.807) is 0 Å². The van der Waals surface area contributed by atoms with Crippen molar-refractivity contribution in [1.82, 2.24) is 0 Å². The maximum absolute atomic E-state index is 2.28. The quantitative estimate of drug-likeness (QED) is 0.212. The van der Waals surface area contributed by atoms with Crippen LogP contribution in [0.15, 0.2) is 121 Å². The molecule has 0 bridgehead atoms. The minimum Gasteiger partial charge on any atom is -0.192 e. The molecule has 4 rings (SSSR count). The number of aryl methyl sites for hydroxylation is 1. The predicted octanol–water partition coefficient (Wildman–Crippen LogP) is -0.208. The molecule has 0 unspecified atom stereocenters. The van der Waals surface area contributed by atoms with Crippen LogP contribution in [0.1, 0.15) is 48.9 Å². The molecule has 0 nitrogen and oxygen atoms in total. The van der Waals surface area contributed by atoms with Crippen LogP contribution in [0.4, 0.5) is 0 Å². The van der Waals surface area contributed by atoms with Crippen molar-refractivity contribution in [2.75, 3.05) is 0 Å². The van der Waals surface area contributed by atoms with Gasteiger partial charge in [-0.15, -0.1) is 36.4 Å². The zero-order valence-electron chi connectivity index (χ0n) is 22.4. The Morgan fingerprint density at radius 1 is 0.457 bits per heavy atom. The maximum atomic E-state index is 2.28. The third kappa shape index (κ3) is 17.4. The normalized spacial score (nSPS) is 8.51. The maximum Gasteiger partial charge on any atom is 1.00 e. The molecule has 0 spiro atoms. The van der Waals surface area contributed by atoms with Gasteiger partial charge in [-0.25, -0.2) is 0 Å². The van der Waals surface area contributed by atoms with E-state index in [4.69, 9.17) is 0 Å². The average Bonchev–Trinajstić information content (AvgIpc) is 2.89. The summed E-state index contributed by atoms with van der Waals surface area (Å²) in [4.78, 5) is 0. The number of unbranched alkanes of at least 4 members (excludes halogenated alkanes) is 1. The van der Waals surface area contributed by atoms with Gasteiger partial charge in [0.2, 0.25) is 0 Å². The van der Waals surface area contributed by atoms with Crippen LogP contribution in [0.2, 0.25) is 0 Å². The summed E-state index contributed by atoms with van der Waals surface area (Å²) < 4.78 is 0. The fourth-order valence-electron chi connectivity index (χ4n) is 3.04. The first-order chi connectivity index (χ1) is 15.8. The third-order valence-corrected chi connectivity index (χ3v) is 4.91. The Balaban J connectivity index is 0. The molecule has 4 aromatic rings. The molecule has 0 saturated carbocycles. The van der Waals surface area contributed by atoms with Gasteiger partial charge in [0.25, 0.3) is 0 Å². The topological polar surface area (TPSA) is 0 Å². The molecule has 0 saturated heterocycles. The van der Waals surface area contributed by atoms with E-state index in [2.05, 4.69) is 111 Å². The van der Waals surface area contributed by atoms with Crippen molar-refractivity contribution in [3.05, 3.63) is 163 Å². The molecule has 0 aliphatic carbocycles. The number of hydrogen-bond donors (Lipinski definition) is 0. The Morgan fingerprint density at radius 2 is 0.771 bits per heavy atom. The second-order valence-corrected chi connectivity index (χ2v) is 7.35. The van der Waals surface area contributed by atoms with Crippen molar-refractivity contribution in [2.45, 2.75) is 33.1 Å². The Labute approximate surface area is 250 Å². The SMILES string of the molecule is CCc1ccccc1.C[CH-]c1ccccc1.[Li+].[Li+].[Li+].c1ccc([CH-]CC[CH-]c2ccccc2)cc1. The second-order valence-electron chi connectivity index (χ2n) is 7.35. The average molecular weight is 440 g/mol. The van der Waals surface area contributed by atoms with Gasteiger partial charge in [-0.2, -0.15) is 72.4 Å². The molecular weight excluding hydrogens is 405 g/mol. The summed E-state index contributed by atoms with van der Waals surface area (Å²) in [7, 11) is 0. The van der Waals surface area contributed by atoms with E-state index in [0.29, 0.717) is 0 Å². The monoisotopic (exact) mass is 440 g/mol. The number of rotatable bonds is 7. The number of benzene rings is 4. The first-order valence-corrected chi connectivity index (χ1v) is 11.5. The Bertz CT molecular complexity index is 846. The van der Waals surface area contributed by atoms with Crippen LogP contribution in [0.25, 0.3) is 0 Å². The van der Waals surface area contributed by atoms with Crippen molar-refractivity contribution in [1.29, 1.82) is 0 Å². The molecule has 35 heavy (non-hydrogen) atoms. The largest absolute Gasteiger partial charge is 1.00 e. The summed E-state index contributed by atoms with van der Waals surface area (Å²) in [6.07, 6.45) is 9.97. The molecule has 0 aromatic heterocycles. The van der Waals surface area contributed by atoms with Gasteiger partial charge in [0.05, 0.1) is 0 Å². The van der Waals surface area contributed by atoms with E-state index < -0.39 is 0 Å². The van der Waals surface area contributed by atoms with E-state index >= 15 is 0 Å². The van der Waals surface area contributed by atoms with Crippen LogP contribution in [-0.2, 0) is 6.42 Å². The Morgan fingerprint density at radius 3 is 1.03 bits per heavy atom. The van der Waals surface area contributed by atoms with Crippen molar-refractivity contribution < 1.29 is 56.6 Å². The fourth-order valence-corrected chi connectivity index (χ4v) is 3.04. The predicted molar refractivity (Wildman–Crippen MR) is 140 cm³/mol. The molecule has 0 N–H and O–H groups in total. The molecular formula is C32H35Li3. The van der Waals surface area contributed by atoms with Crippen LogP contribution in [-0.4, -0.2) is 0 Å². The molecule has 0 amide bonds. The molecule has 0 aliphatic rings. The zero-order valence-corrected chi connectivity index (χ0v) is 22.4. The molecule has 166 valence electrons. The zero-order chi connectivity index (χ0) is 22.7. The Hall–Kier alpha value is -1.72. The van der Waals surface area contributed by atoms with Crippen molar-refractivity contribution in [3.8, 4) is 0 Å². The van der Waals surface area contributed by atoms with Crippen LogP contribution in [0, 0.1) is 19.3 Å². The van der Waals surface area contributed by atoms with E-state index in [9.17, 15) is 0 Å². The second kappa shape index (κ2) is 24.0. The van der Waals surface area contributed by atoms with E-state index in [0.717, 1.165) is 19.3 Å². The van der Waals surface area contributed by atoms with Gasteiger partial charge >= 0.3 is 56.6 Å². The molecule has 0 aliphatic heterocycles. The summed E-state index contributed by atoms with van der Waals surface area (Å²) in [5, 5.41) is 0. The smallest absolute Gasteiger partial charge is 0.192 e. The van der Waals surface area contributed by atoms with E-state index in [-0.39, 0.29) is 56.6 Å². The fraction of sp³-hybridized carbons (Fsp3) is 0.156. The molecule has 0 fully saturated rings. The van der Waals surface area contributed by atoms with Crippen molar-refractivity contribution in [3.63, 3.8) is 0 Å². The summed E-state index contributed by atoms with van der Waals surface area (Å²) in [5.41, 5.74) is 5.31. The first kappa shape index (κ1) is 35.4. The van der Waals surface area contributed by atoms with Gasteiger partial charge in [0, 0.05) is 0 Å². The first-order valence-electron chi connectivity index (χ1n) is 11.5. The molecule has 3 heteroatoms. The van der Waals surface area contributed by atoms with Crippen LogP contribution in [0.5, 0.6) is 0 Å². The molecule has 0 heterocycles. The van der Waals surface area contributed by atoms with Crippen LogP contribution < -0.4 is 56.6 Å². The molecule has 0 atom stereocenters. The summed E-state index contributed by atoms with van der Waals surface area (Å²) >= 11 is 0. The minimum atomic E-state index is 0. The Kier molecular flexibility index (Phi) is 24.3. The summed E-state index contributed by atoms with van der Waals surface area (Å²) in [5.74, 6) is 0. The number of hydrogen-bond acceptors (Lipinski definition) is 0. The molecule has 4 aromatic carbocycles. The van der Waals surface area contributed by atoms with Gasteiger partial charge in [-0.05, 0) is 12.0 Å². The van der Waals surface area contributed by atoms with Gasteiger partial charge in [0.15, 0.2) is 0 Å². The third-order valence-electron chi connectivity index (χ3n) is 4.91. The molecule has 0 radical (unpaired) electrons. The minimum absolute atomic E-state index is 0. The van der Waals surface area contributed by atoms with E-state index in [1.807, 2.05) is 43.3 Å². The van der Waals surface area contributed by atoms with Crippen LogP contribution >= 0.6 is 0 Å². The van der Waals surface area contributed by atoms with Gasteiger partial charge in [-0.3, -0.25) is 0 Å². The summed E-state index contributed by atoms with van der Waals surface area (Å²) in [6, 6.07) is 41.7. The van der Waals surface area contributed by atoms with Gasteiger partial charge in [-0.1, -0.05) is 75.2 Å². The van der Waals surface area contributed by atoms with E-state index in [1.165, 1.54) is 22.3 Å². The van der Waals surface area contributed by atoms with Gasteiger partial charge < -0.3 is 0 Å². The van der Waals surface area contributed by atoms with Crippen molar-refractivity contribution in [2.24, 2.45) is 0 Å². The summed E-state index contributed by atoms with van der Waals surface area (Å²) in [6.45, 7) is 4.20. The standard InChI is InChI=1S/C16H16.C8H10.C8H9.3Li/c1-3-9-15(10-4-1)13-7-8-14-16-11-5-2-6-12-16;2*1-2-8-6-4-3-5-7-8;;;/h1-6,9-14H,7-8H2;3-7H,2H2,1H3;2-7H,1H3;;;/q-2;;-1;3*+1. The van der Waals surface area contributed by atoms with Crippen LogP contribution in [0.3, 0.4) is 0 Å². The van der Waals surface area contributed by atoms with Crippen molar-refractivity contribution >= 4 is 0 Å².